The number of rotatable bonds is 2. The Bertz CT molecular complexity index is 493. The summed E-state index contributed by atoms with van der Waals surface area (Å²) in [4.78, 5) is 10.9. The number of carbonyl (C=O) groups is 1. The van der Waals surface area contributed by atoms with E-state index in [0.29, 0.717) is 5.15 Å². The number of para-hydroxylation sites is 1. The van der Waals surface area contributed by atoms with Gasteiger partial charge in [0.25, 0.3) is 5.91 Å². The fourth-order valence-electron chi connectivity index (χ4n) is 1.23. The maximum Gasteiger partial charge on any atom is 0.269 e. The van der Waals surface area contributed by atoms with Crippen molar-refractivity contribution in [2.75, 3.05) is 0 Å². The molecule has 0 spiro atoms. The number of nitrogens with zero attached hydrogens (tertiary/aromatic N) is 2. The van der Waals surface area contributed by atoms with E-state index in [9.17, 15) is 4.79 Å². The van der Waals surface area contributed by atoms with Crippen LogP contribution in [-0.4, -0.2) is 15.7 Å². The molecule has 0 aliphatic carbocycles. The average Bonchev–Trinajstić information content (AvgIpc) is 2.62. The van der Waals surface area contributed by atoms with Crippen molar-refractivity contribution in [3.05, 3.63) is 47.2 Å². The van der Waals surface area contributed by atoms with E-state index < -0.39 is 5.91 Å². The summed E-state index contributed by atoms with van der Waals surface area (Å²) in [5.41, 5.74) is 6.04. The lowest BCUT2D eigenvalue weighted by Gasteiger charge is -2.00. The van der Waals surface area contributed by atoms with Crippen molar-refractivity contribution in [2.24, 2.45) is 5.73 Å². The molecule has 1 aromatic carbocycles. The van der Waals surface area contributed by atoms with Gasteiger partial charge < -0.3 is 5.73 Å². The summed E-state index contributed by atoms with van der Waals surface area (Å²) in [6, 6.07) is 10.7. The third-order valence-electron chi connectivity index (χ3n) is 1.92. The number of nitrogens with two attached hydrogens (primary N) is 1. The number of primary amides is 1. The van der Waals surface area contributed by atoms with Gasteiger partial charge in [-0.3, -0.25) is 4.79 Å². The summed E-state index contributed by atoms with van der Waals surface area (Å²) >= 11 is 5.92. The Labute approximate surface area is 91.3 Å². The second kappa shape index (κ2) is 3.74. The SMILES string of the molecule is NC(=O)c1cc(Cl)n(-c2ccccc2)n1. The van der Waals surface area contributed by atoms with Gasteiger partial charge in [-0.05, 0) is 12.1 Å². The molecule has 1 amide bonds. The molecule has 0 fully saturated rings. The molecule has 15 heavy (non-hydrogen) atoms. The van der Waals surface area contributed by atoms with Gasteiger partial charge in [-0.1, -0.05) is 29.8 Å². The van der Waals surface area contributed by atoms with Crippen LogP contribution in [0.4, 0.5) is 0 Å². The Morgan fingerprint density at radius 2 is 2.00 bits per heavy atom. The Hall–Kier alpha value is -1.81. The van der Waals surface area contributed by atoms with Gasteiger partial charge in [0.15, 0.2) is 5.69 Å². The van der Waals surface area contributed by atoms with E-state index in [0.717, 1.165) is 5.69 Å². The smallest absolute Gasteiger partial charge is 0.269 e. The van der Waals surface area contributed by atoms with Gasteiger partial charge in [0.2, 0.25) is 0 Å². The Kier molecular flexibility index (Phi) is 2.43. The zero-order chi connectivity index (χ0) is 10.8. The molecule has 1 aromatic heterocycles. The molecule has 2 N–H and O–H groups in total. The molecule has 0 aliphatic heterocycles. The summed E-state index contributed by atoms with van der Waals surface area (Å²) in [5.74, 6) is -0.591. The first-order valence-corrected chi connectivity index (χ1v) is 4.67. The molecule has 76 valence electrons. The maximum absolute atomic E-state index is 10.9. The first kappa shape index (κ1) is 9.73. The van der Waals surface area contributed by atoms with Crippen LogP contribution in [0, 0.1) is 0 Å². The molecule has 0 atom stereocenters. The van der Waals surface area contributed by atoms with E-state index in [-0.39, 0.29) is 5.69 Å². The largest absolute Gasteiger partial charge is 0.364 e. The molecule has 0 saturated carbocycles. The fraction of sp³-hybridized carbons (Fsp3) is 0. The molecule has 4 nitrogen and oxygen atoms in total. The van der Waals surface area contributed by atoms with Crippen LogP contribution in [0.15, 0.2) is 36.4 Å². The number of hydrogen-bond acceptors (Lipinski definition) is 2. The van der Waals surface area contributed by atoms with Crippen LogP contribution < -0.4 is 5.73 Å². The van der Waals surface area contributed by atoms with Crippen molar-refractivity contribution >= 4 is 17.5 Å². The fourth-order valence-corrected chi connectivity index (χ4v) is 1.47. The molecule has 2 rings (SSSR count). The van der Waals surface area contributed by atoms with E-state index >= 15 is 0 Å². The first-order valence-electron chi connectivity index (χ1n) is 4.29. The van der Waals surface area contributed by atoms with Crippen molar-refractivity contribution in [1.82, 2.24) is 9.78 Å². The van der Waals surface area contributed by atoms with Gasteiger partial charge >= 0.3 is 0 Å². The monoisotopic (exact) mass is 221 g/mol. The highest BCUT2D eigenvalue weighted by molar-refractivity contribution is 6.30. The summed E-state index contributed by atoms with van der Waals surface area (Å²) in [6.45, 7) is 0. The summed E-state index contributed by atoms with van der Waals surface area (Å²) in [7, 11) is 0. The van der Waals surface area contributed by atoms with Crippen LogP contribution in [0.5, 0.6) is 0 Å². The molecular formula is C10H8ClN3O. The first-order chi connectivity index (χ1) is 7.18. The van der Waals surface area contributed by atoms with Crippen molar-refractivity contribution < 1.29 is 4.79 Å². The lowest BCUT2D eigenvalue weighted by Crippen LogP contribution is -2.12. The zero-order valence-electron chi connectivity index (χ0n) is 7.72. The Morgan fingerprint density at radius 1 is 1.33 bits per heavy atom. The van der Waals surface area contributed by atoms with Gasteiger partial charge in [0.05, 0.1) is 5.69 Å². The van der Waals surface area contributed by atoms with Crippen LogP contribution in [0.1, 0.15) is 10.5 Å². The highest BCUT2D eigenvalue weighted by Crippen LogP contribution is 2.16. The lowest BCUT2D eigenvalue weighted by atomic mass is 10.3. The minimum absolute atomic E-state index is 0.156. The van der Waals surface area contributed by atoms with Gasteiger partial charge in [0.1, 0.15) is 5.15 Å². The van der Waals surface area contributed by atoms with Crippen molar-refractivity contribution in [2.45, 2.75) is 0 Å². The quantitative estimate of drug-likeness (QED) is 0.838. The highest BCUT2D eigenvalue weighted by atomic mass is 35.5. The van der Waals surface area contributed by atoms with Gasteiger partial charge in [0, 0.05) is 6.07 Å². The van der Waals surface area contributed by atoms with Gasteiger partial charge in [-0.25, -0.2) is 4.68 Å². The number of hydrogen-bond donors (Lipinski definition) is 1. The van der Waals surface area contributed by atoms with Gasteiger partial charge in [-0.15, -0.1) is 0 Å². The predicted octanol–water partition coefficient (Wildman–Crippen LogP) is 1.62. The van der Waals surface area contributed by atoms with E-state index in [1.165, 1.54) is 10.7 Å². The molecule has 1 heterocycles. The molecular weight excluding hydrogens is 214 g/mol. The van der Waals surface area contributed by atoms with E-state index in [4.69, 9.17) is 17.3 Å². The number of aromatic nitrogens is 2. The standard InChI is InChI=1S/C10H8ClN3O/c11-9-6-8(10(12)15)13-14(9)7-4-2-1-3-5-7/h1-6H,(H2,12,15). The Balaban J connectivity index is 2.50. The number of carbonyl (C=O) groups excluding carboxylic acids is 1. The van der Waals surface area contributed by atoms with Crippen LogP contribution in [0.25, 0.3) is 5.69 Å². The average molecular weight is 222 g/mol. The van der Waals surface area contributed by atoms with Crippen LogP contribution in [0.3, 0.4) is 0 Å². The van der Waals surface area contributed by atoms with Crippen molar-refractivity contribution in [1.29, 1.82) is 0 Å². The normalized spacial score (nSPS) is 10.2. The topological polar surface area (TPSA) is 60.9 Å². The summed E-state index contributed by atoms with van der Waals surface area (Å²) < 4.78 is 1.46. The third-order valence-corrected chi connectivity index (χ3v) is 2.19. The second-order valence-electron chi connectivity index (χ2n) is 2.96. The lowest BCUT2D eigenvalue weighted by molar-refractivity contribution is 0.0995. The third kappa shape index (κ3) is 1.85. The molecule has 2 aromatic rings. The minimum atomic E-state index is -0.591. The van der Waals surface area contributed by atoms with E-state index in [1.807, 2.05) is 30.3 Å². The van der Waals surface area contributed by atoms with E-state index in [2.05, 4.69) is 5.10 Å². The highest BCUT2D eigenvalue weighted by Gasteiger charge is 2.10. The summed E-state index contributed by atoms with van der Waals surface area (Å²) in [6.07, 6.45) is 0. The maximum atomic E-state index is 10.9. The number of halogens is 1. The zero-order valence-corrected chi connectivity index (χ0v) is 8.48. The second-order valence-corrected chi connectivity index (χ2v) is 3.35. The molecule has 0 aliphatic rings. The number of amides is 1. The van der Waals surface area contributed by atoms with Gasteiger partial charge in [-0.2, -0.15) is 5.10 Å². The molecule has 5 heteroatoms. The minimum Gasteiger partial charge on any atom is -0.364 e. The molecule has 0 unspecified atom stereocenters. The van der Waals surface area contributed by atoms with Crippen molar-refractivity contribution in [3.63, 3.8) is 0 Å². The molecule has 0 bridgehead atoms. The molecule has 0 radical (unpaired) electrons. The van der Waals surface area contributed by atoms with Crippen LogP contribution in [-0.2, 0) is 0 Å². The predicted molar refractivity (Wildman–Crippen MR) is 57.1 cm³/mol. The molecule has 0 saturated heterocycles. The van der Waals surface area contributed by atoms with Crippen LogP contribution in [0.2, 0.25) is 5.15 Å². The van der Waals surface area contributed by atoms with Crippen molar-refractivity contribution in [3.8, 4) is 5.69 Å². The van der Waals surface area contributed by atoms with Crippen LogP contribution >= 0.6 is 11.6 Å². The van der Waals surface area contributed by atoms with E-state index in [1.54, 1.807) is 0 Å². The number of benzene rings is 1. The Morgan fingerprint density at radius 3 is 2.53 bits per heavy atom. The summed E-state index contributed by atoms with van der Waals surface area (Å²) in [5, 5.41) is 4.35.